The molecule has 1 amide bonds. The molecule has 0 aliphatic heterocycles. The van der Waals surface area contributed by atoms with Crippen molar-refractivity contribution in [3.05, 3.63) is 69.6 Å². The number of nitrogens with one attached hydrogen (secondary N) is 1. The summed E-state index contributed by atoms with van der Waals surface area (Å²) in [4.78, 5) is 42.0. The van der Waals surface area contributed by atoms with Gasteiger partial charge in [0, 0.05) is 34.6 Å². The molecule has 9 nitrogen and oxygen atoms in total. The van der Waals surface area contributed by atoms with E-state index in [9.17, 15) is 24.6 Å². The molecular formula is C27H27N3O6S. The predicted octanol–water partition coefficient (Wildman–Crippen LogP) is 3.68. The fourth-order valence-corrected chi connectivity index (χ4v) is 5.67. The van der Waals surface area contributed by atoms with E-state index in [1.807, 2.05) is 13.0 Å². The Hall–Kier alpha value is -3.70. The number of nitrogens with two attached hydrogens (primary N) is 1. The Morgan fingerprint density at radius 1 is 1.14 bits per heavy atom. The Bertz CT molecular complexity index is 1550. The van der Waals surface area contributed by atoms with Gasteiger partial charge in [0.1, 0.15) is 11.4 Å². The van der Waals surface area contributed by atoms with Crippen molar-refractivity contribution in [3.8, 4) is 0 Å². The van der Waals surface area contributed by atoms with Gasteiger partial charge >= 0.3 is 5.97 Å². The van der Waals surface area contributed by atoms with Gasteiger partial charge in [-0.3, -0.25) is 14.4 Å². The standard InChI is InChI=1S/C27H27N3O6S/c1-14-22-17(12-36-3)7-8-18(15(2)32)24(22)37-23(14)25(33)30-21-10-9-19-16(5-4-6-20(19)29-21)11-27(28,13-31)26(34)35/h4-10,31H,11-13,28H2,1-3H3,(H,34,35)(H,29,30,33)/t27-/m0/s1. The molecule has 5 N–H and O–H groups in total. The second-order valence-corrected chi connectivity index (χ2v) is 9.97. The third-order valence-electron chi connectivity index (χ3n) is 6.33. The Kier molecular flexibility index (Phi) is 7.37. The van der Waals surface area contributed by atoms with Crippen LogP contribution in [0.4, 0.5) is 5.82 Å². The summed E-state index contributed by atoms with van der Waals surface area (Å²) in [6.45, 7) is 2.98. The molecule has 1 atom stereocenters. The molecule has 192 valence electrons. The largest absolute Gasteiger partial charge is 0.480 e. The number of anilines is 1. The summed E-state index contributed by atoms with van der Waals surface area (Å²) >= 11 is 1.25. The number of aliphatic hydroxyl groups is 1. The number of rotatable bonds is 9. The number of hydrogen-bond donors (Lipinski definition) is 4. The zero-order valence-corrected chi connectivity index (χ0v) is 21.4. The first-order valence-corrected chi connectivity index (χ1v) is 12.3. The van der Waals surface area contributed by atoms with E-state index >= 15 is 0 Å². The first kappa shape index (κ1) is 26.4. The number of aliphatic carboxylic acids is 1. The second kappa shape index (κ2) is 10.3. The summed E-state index contributed by atoms with van der Waals surface area (Å²) in [5.74, 6) is -1.43. The molecule has 2 aromatic carbocycles. The van der Waals surface area contributed by atoms with Crippen molar-refractivity contribution in [3.63, 3.8) is 0 Å². The van der Waals surface area contributed by atoms with Gasteiger partial charge in [-0.25, -0.2) is 4.98 Å². The molecule has 0 aliphatic rings. The number of Topliss-reactive ketones (excluding diaryl/α,β-unsaturated/α-hetero) is 1. The SMILES string of the molecule is COCc1ccc(C(C)=O)c2sc(C(=O)Nc3ccc4c(C[C@](N)(CO)C(=O)O)cccc4n3)c(C)c12. The molecule has 0 unspecified atom stereocenters. The van der Waals surface area contributed by atoms with Crippen LogP contribution in [0.3, 0.4) is 0 Å². The minimum absolute atomic E-state index is 0.0835. The first-order chi connectivity index (χ1) is 17.6. The summed E-state index contributed by atoms with van der Waals surface area (Å²) in [5.41, 5.74) is 7.41. The number of ether oxygens (including phenoxy) is 1. The first-order valence-electron chi connectivity index (χ1n) is 11.5. The van der Waals surface area contributed by atoms with Crippen LogP contribution in [0.1, 0.15) is 43.6 Å². The second-order valence-electron chi connectivity index (χ2n) is 8.95. The van der Waals surface area contributed by atoms with Gasteiger partial charge in [-0.05, 0) is 54.8 Å². The van der Waals surface area contributed by atoms with Gasteiger partial charge in [0.25, 0.3) is 5.91 Å². The van der Waals surface area contributed by atoms with E-state index in [2.05, 4.69) is 10.3 Å². The molecule has 0 fully saturated rings. The maximum Gasteiger partial charge on any atom is 0.326 e. The number of fused-ring (bicyclic) bond motifs is 2. The summed E-state index contributed by atoms with van der Waals surface area (Å²) in [6, 6.07) is 12.2. The van der Waals surface area contributed by atoms with Crippen LogP contribution in [0.5, 0.6) is 0 Å². The van der Waals surface area contributed by atoms with Crippen LogP contribution in [0.15, 0.2) is 42.5 Å². The highest BCUT2D eigenvalue weighted by molar-refractivity contribution is 7.21. The average Bonchev–Trinajstić information content (AvgIpc) is 3.21. The fraction of sp³-hybridized carbons (Fsp3) is 0.259. The van der Waals surface area contributed by atoms with Gasteiger partial charge < -0.3 is 26.0 Å². The van der Waals surface area contributed by atoms with E-state index in [1.165, 1.54) is 18.3 Å². The van der Waals surface area contributed by atoms with Crippen LogP contribution >= 0.6 is 11.3 Å². The summed E-state index contributed by atoms with van der Waals surface area (Å²) in [6.07, 6.45) is -0.0904. The van der Waals surface area contributed by atoms with E-state index in [4.69, 9.17) is 10.5 Å². The van der Waals surface area contributed by atoms with Gasteiger partial charge in [0.05, 0.1) is 23.6 Å². The monoisotopic (exact) mass is 521 g/mol. The summed E-state index contributed by atoms with van der Waals surface area (Å²) in [5, 5.41) is 23.3. The normalized spacial score (nSPS) is 13.0. The molecule has 37 heavy (non-hydrogen) atoms. The summed E-state index contributed by atoms with van der Waals surface area (Å²) in [7, 11) is 1.59. The van der Waals surface area contributed by atoms with Crippen molar-refractivity contribution in [1.82, 2.24) is 4.98 Å². The van der Waals surface area contributed by atoms with Crippen LogP contribution in [-0.4, -0.2) is 52.1 Å². The summed E-state index contributed by atoms with van der Waals surface area (Å²) < 4.78 is 6.06. The number of amides is 1. The number of carbonyl (C=O) groups excluding carboxylic acids is 2. The number of carbonyl (C=O) groups is 3. The van der Waals surface area contributed by atoms with Gasteiger partial charge in [-0.1, -0.05) is 18.2 Å². The molecule has 10 heteroatoms. The smallest absolute Gasteiger partial charge is 0.326 e. The minimum Gasteiger partial charge on any atom is -0.480 e. The number of carboxylic acids is 1. The third kappa shape index (κ3) is 4.96. The van der Waals surface area contributed by atoms with E-state index in [0.29, 0.717) is 39.3 Å². The van der Waals surface area contributed by atoms with Crippen LogP contribution in [0.2, 0.25) is 0 Å². The van der Waals surface area contributed by atoms with Crippen LogP contribution in [-0.2, 0) is 22.6 Å². The topological polar surface area (TPSA) is 152 Å². The highest BCUT2D eigenvalue weighted by atomic mass is 32.1. The number of thiophene rings is 1. The van der Waals surface area contributed by atoms with Crippen molar-refractivity contribution < 1.29 is 29.3 Å². The van der Waals surface area contributed by atoms with E-state index in [-0.39, 0.29) is 18.1 Å². The van der Waals surface area contributed by atoms with Gasteiger partial charge in [0.15, 0.2) is 5.78 Å². The number of nitrogens with zero attached hydrogens (tertiary/aromatic N) is 1. The van der Waals surface area contributed by atoms with Crippen molar-refractivity contribution in [2.24, 2.45) is 5.73 Å². The molecule has 0 bridgehead atoms. The Balaban J connectivity index is 1.69. The number of aliphatic hydroxyl groups excluding tert-OH is 1. The number of ketones is 1. The molecule has 0 saturated carbocycles. The van der Waals surface area contributed by atoms with E-state index < -0.39 is 18.1 Å². The molecular weight excluding hydrogens is 494 g/mol. The number of carboxylic acid groups (broad SMARTS) is 1. The Labute approximate surface area is 216 Å². The maximum absolute atomic E-state index is 13.3. The van der Waals surface area contributed by atoms with Crippen molar-refractivity contribution in [2.45, 2.75) is 32.4 Å². The van der Waals surface area contributed by atoms with E-state index in [0.717, 1.165) is 21.2 Å². The number of hydrogen-bond acceptors (Lipinski definition) is 8. The van der Waals surface area contributed by atoms with Crippen LogP contribution in [0, 0.1) is 6.92 Å². The van der Waals surface area contributed by atoms with Gasteiger partial charge in [0.2, 0.25) is 0 Å². The number of benzene rings is 2. The lowest BCUT2D eigenvalue weighted by Crippen LogP contribution is -2.53. The number of aromatic nitrogens is 1. The zero-order valence-electron chi connectivity index (χ0n) is 20.6. The maximum atomic E-state index is 13.3. The molecule has 0 aliphatic carbocycles. The van der Waals surface area contributed by atoms with Gasteiger partial charge in [-0.2, -0.15) is 0 Å². The lowest BCUT2D eigenvalue weighted by Gasteiger charge is -2.22. The predicted molar refractivity (Wildman–Crippen MR) is 142 cm³/mol. The number of pyridine rings is 1. The lowest BCUT2D eigenvalue weighted by atomic mass is 9.91. The quantitative estimate of drug-likeness (QED) is 0.244. The molecule has 2 aromatic heterocycles. The number of aryl methyl sites for hydroxylation is 1. The Morgan fingerprint density at radius 2 is 1.89 bits per heavy atom. The van der Waals surface area contributed by atoms with Gasteiger partial charge in [-0.15, -0.1) is 11.3 Å². The van der Waals surface area contributed by atoms with E-state index in [1.54, 1.807) is 43.5 Å². The van der Waals surface area contributed by atoms with Crippen LogP contribution in [0.25, 0.3) is 21.0 Å². The van der Waals surface area contributed by atoms with Crippen molar-refractivity contribution >= 4 is 55.8 Å². The fourth-order valence-electron chi connectivity index (χ4n) is 4.36. The third-order valence-corrected chi connectivity index (χ3v) is 7.65. The lowest BCUT2D eigenvalue weighted by molar-refractivity contribution is -0.144. The zero-order chi connectivity index (χ0) is 26.9. The average molecular weight is 522 g/mol. The molecule has 2 heterocycles. The molecule has 4 rings (SSSR count). The molecule has 0 radical (unpaired) electrons. The van der Waals surface area contributed by atoms with Crippen molar-refractivity contribution in [1.29, 1.82) is 0 Å². The highest BCUT2D eigenvalue weighted by Gasteiger charge is 2.34. The van der Waals surface area contributed by atoms with Crippen molar-refractivity contribution in [2.75, 3.05) is 19.0 Å². The molecule has 4 aromatic rings. The highest BCUT2D eigenvalue weighted by Crippen LogP contribution is 2.37. The molecule has 0 saturated heterocycles. The Morgan fingerprint density at radius 3 is 2.54 bits per heavy atom. The minimum atomic E-state index is -1.82. The number of methoxy groups -OCH3 is 1. The molecule has 0 spiro atoms. The van der Waals surface area contributed by atoms with Crippen LogP contribution < -0.4 is 11.1 Å².